The number of amides is 3. The number of hydrogen-bond acceptors (Lipinski definition) is 3. The molecule has 0 aliphatic heterocycles. The Bertz CT molecular complexity index is 366. The highest BCUT2D eigenvalue weighted by Crippen LogP contribution is 2.18. The fourth-order valence-electron chi connectivity index (χ4n) is 1.51. The quantitative estimate of drug-likeness (QED) is 0.548. The fraction of sp³-hybridized carbons (Fsp3) is 0.750. The van der Waals surface area contributed by atoms with E-state index in [0.717, 1.165) is 12.8 Å². The summed E-state index contributed by atoms with van der Waals surface area (Å²) in [5, 5.41) is 16.5. The summed E-state index contributed by atoms with van der Waals surface area (Å²) in [5.41, 5.74) is 0. The average molecular weight is 271 g/mol. The van der Waals surface area contributed by atoms with Crippen molar-refractivity contribution in [3.8, 4) is 0 Å². The van der Waals surface area contributed by atoms with Crippen LogP contribution >= 0.6 is 0 Å². The minimum Gasteiger partial charge on any atom is -0.480 e. The fourth-order valence-corrected chi connectivity index (χ4v) is 1.51. The van der Waals surface area contributed by atoms with Crippen molar-refractivity contribution in [2.45, 2.75) is 51.7 Å². The number of carboxylic acids is 1. The Labute approximate surface area is 112 Å². The largest absolute Gasteiger partial charge is 0.480 e. The van der Waals surface area contributed by atoms with Gasteiger partial charge >= 0.3 is 12.0 Å². The van der Waals surface area contributed by atoms with Gasteiger partial charge in [0.2, 0.25) is 5.91 Å². The molecule has 3 amide bonds. The molecule has 7 heteroatoms. The summed E-state index contributed by atoms with van der Waals surface area (Å²) in [6.45, 7) is 4.95. The standard InChI is InChI=1S/C12H21N3O4/c1-6(2)9(11(17)18)15-12(19)13-7(3)10(16)14-8-4-5-8/h6-9H,4-5H2,1-3H3,(H,14,16)(H,17,18)(H2,13,15,19). The Morgan fingerprint density at radius 3 is 2.11 bits per heavy atom. The predicted octanol–water partition coefficient (Wildman–Crippen LogP) is 0.0619. The maximum Gasteiger partial charge on any atom is 0.326 e. The zero-order chi connectivity index (χ0) is 14.6. The first-order valence-corrected chi connectivity index (χ1v) is 6.41. The summed E-state index contributed by atoms with van der Waals surface area (Å²) in [5.74, 6) is -1.59. The van der Waals surface area contributed by atoms with Gasteiger partial charge in [0.25, 0.3) is 0 Å². The topological polar surface area (TPSA) is 108 Å². The molecule has 1 rings (SSSR count). The van der Waals surface area contributed by atoms with Crippen LogP contribution in [0, 0.1) is 5.92 Å². The summed E-state index contributed by atoms with van der Waals surface area (Å²) >= 11 is 0. The SMILES string of the molecule is CC(NC(=O)NC(C(=O)O)C(C)C)C(=O)NC1CC1. The minimum absolute atomic E-state index is 0.224. The summed E-state index contributed by atoms with van der Waals surface area (Å²) in [6, 6.07) is -2.09. The van der Waals surface area contributed by atoms with Crippen LogP contribution in [0.4, 0.5) is 4.79 Å². The monoisotopic (exact) mass is 271 g/mol. The number of aliphatic carboxylic acids is 1. The third kappa shape index (κ3) is 5.15. The number of carboxylic acid groups (broad SMARTS) is 1. The number of rotatable bonds is 6. The van der Waals surface area contributed by atoms with Gasteiger partial charge in [0.15, 0.2) is 0 Å². The number of nitrogens with one attached hydrogen (secondary N) is 3. The van der Waals surface area contributed by atoms with Gasteiger partial charge < -0.3 is 21.1 Å². The molecule has 19 heavy (non-hydrogen) atoms. The number of urea groups is 1. The molecule has 7 nitrogen and oxygen atoms in total. The molecule has 0 aromatic rings. The zero-order valence-corrected chi connectivity index (χ0v) is 11.4. The van der Waals surface area contributed by atoms with E-state index in [-0.39, 0.29) is 17.9 Å². The number of carbonyl (C=O) groups excluding carboxylic acids is 2. The molecule has 1 aliphatic rings. The van der Waals surface area contributed by atoms with Gasteiger partial charge in [0, 0.05) is 6.04 Å². The Hall–Kier alpha value is -1.79. The van der Waals surface area contributed by atoms with E-state index in [0.29, 0.717) is 0 Å². The van der Waals surface area contributed by atoms with E-state index in [1.807, 2.05) is 0 Å². The van der Waals surface area contributed by atoms with E-state index in [1.165, 1.54) is 0 Å². The van der Waals surface area contributed by atoms with Crippen LogP contribution in [-0.4, -0.2) is 41.1 Å². The van der Waals surface area contributed by atoms with Crippen molar-refractivity contribution in [3.05, 3.63) is 0 Å². The van der Waals surface area contributed by atoms with Crippen LogP contribution in [0.25, 0.3) is 0 Å². The molecule has 1 aliphatic carbocycles. The van der Waals surface area contributed by atoms with Crippen molar-refractivity contribution in [2.24, 2.45) is 5.92 Å². The summed E-state index contributed by atoms with van der Waals surface area (Å²) in [4.78, 5) is 34.2. The van der Waals surface area contributed by atoms with Crippen molar-refractivity contribution in [3.63, 3.8) is 0 Å². The molecule has 1 saturated carbocycles. The lowest BCUT2D eigenvalue weighted by atomic mass is 10.1. The van der Waals surface area contributed by atoms with Gasteiger partial charge in [-0.1, -0.05) is 13.8 Å². The molecule has 0 spiro atoms. The molecule has 0 bridgehead atoms. The van der Waals surface area contributed by atoms with Gasteiger partial charge in [-0.05, 0) is 25.7 Å². The van der Waals surface area contributed by atoms with Crippen LogP contribution in [-0.2, 0) is 9.59 Å². The maximum absolute atomic E-state index is 11.6. The van der Waals surface area contributed by atoms with E-state index in [9.17, 15) is 14.4 Å². The minimum atomic E-state index is -1.10. The smallest absolute Gasteiger partial charge is 0.326 e. The lowest BCUT2D eigenvalue weighted by molar-refractivity contribution is -0.140. The molecule has 0 radical (unpaired) electrons. The van der Waals surface area contributed by atoms with Crippen LogP contribution in [0.1, 0.15) is 33.6 Å². The van der Waals surface area contributed by atoms with Gasteiger partial charge in [-0.2, -0.15) is 0 Å². The summed E-state index contributed by atoms with van der Waals surface area (Å²) in [6.07, 6.45) is 1.94. The second kappa shape index (κ2) is 6.40. The normalized spacial score (nSPS) is 17.5. The lowest BCUT2D eigenvalue weighted by Crippen LogP contribution is -2.53. The van der Waals surface area contributed by atoms with Gasteiger partial charge in [-0.3, -0.25) is 4.79 Å². The van der Waals surface area contributed by atoms with Gasteiger partial charge in [-0.25, -0.2) is 9.59 Å². The highest BCUT2D eigenvalue weighted by atomic mass is 16.4. The second-order valence-electron chi connectivity index (χ2n) is 5.18. The average Bonchev–Trinajstić information content (AvgIpc) is 3.08. The molecule has 2 unspecified atom stereocenters. The molecule has 0 aromatic carbocycles. The van der Waals surface area contributed by atoms with Crippen molar-refractivity contribution in [2.75, 3.05) is 0 Å². The first kappa shape index (κ1) is 15.3. The maximum atomic E-state index is 11.6. The molecule has 2 atom stereocenters. The number of carbonyl (C=O) groups is 3. The Kier molecular flexibility index (Phi) is 5.14. The number of hydrogen-bond donors (Lipinski definition) is 4. The van der Waals surface area contributed by atoms with Crippen LogP contribution in [0.15, 0.2) is 0 Å². The van der Waals surface area contributed by atoms with Crippen molar-refractivity contribution in [1.82, 2.24) is 16.0 Å². The Morgan fingerprint density at radius 1 is 1.11 bits per heavy atom. The van der Waals surface area contributed by atoms with Crippen molar-refractivity contribution >= 4 is 17.9 Å². The van der Waals surface area contributed by atoms with Gasteiger partial charge in [0.05, 0.1) is 0 Å². The van der Waals surface area contributed by atoms with Crippen LogP contribution in [0.5, 0.6) is 0 Å². The van der Waals surface area contributed by atoms with E-state index >= 15 is 0 Å². The van der Waals surface area contributed by atoms with E-state index in [4.69, 9.17) is 5.11 Å². The highest BCUT2D eigenvalue weighted by Gasteiger charge is 2.28. The van der Waals surface area contributed by atoms with Crippen LogP contribution < -0.4 is 16.0 Å². The molecule has 0 aromatic heterocycles. The van der Waals surface area contributed by atoms with E-state index < -0.39 is 24.1 Å². The third-order valence-corrected chi connectivity index (χ3v) is 2.88. The molecule has 0 heterocycles. The Morgan fingerprint density at radius 2 is 1.68 bits per heavy atom. The van der Waals surface area contributed by atoms with Gasteiger partial charge in [0.1, 0.15) is 12.1 Å². The molecule has 108 valence electrons. The summed E-state index contributed by atoms with van der Waals surface area (Å²) < 4.78 is 0. The molecule has 1 fully saturated rings. The van der Waals surface area contributed by atoms with Crippen LogP contribution in [0.3, 0.4) is 0 Å². The zero-order valence-electron chi connectivity index (χ0n) is 11.4. The first-order valence-electron chi connectivity index (χ1n) is 6.41. The molecular weight excluding hydrogens is 250 g/mol. The lowest BCUT2D eigenvalue weighted by Gasteiger charge is -2.20. The van der Waals surface area contributed by atoms with Crippen molar-refractivity contribution in [1.29, 1.82) is 0 Å². The van der Waals surface area contributed by atoms with Crippen LogP contribution in [0.2, 0.25) is 0 Å². The predicted molar refractivity (Wildman–Crippen MR) is 68.6 cm³/mol. The second-order valence-corrected chi connectivity index (χ2v) is 5.18. The molecule has 0 saturated heterocycles. The molecular formula is C12H21N3O4. The Balaban J connectivity index is 2.39. The van der Waals surface area contributed by atoms with E-state index in [1.54, 1.807) is 20.8 Å². The summed E-state index contributed by atoms with van der Waals surface area (Å²) in [7, 11) is 0. The van der Waals surface area contributed by atoms with E-state index in [2.05, 4.69) is 16.0 Å². The van der Waals surface area contributed by atoms with Gasteiger partial charge in [-0.15, -0.1) is 0 Å². The molecule has 4 N–H and O–H groups in total. The first-order chi connectivity index (χ1) is 8.81. The highest BCUT2D eigenvalue weighted by molar-refractivity contribution is 5.88. The third-order valence-electron chi connectivity index (χ3n) is 2.88. The van der Waals surface area contributed by atoms with Crippen molar-refractivity contribution < 1.29 is 19.5 Å².